The van der Waals surface area contributed by atoms with E-state index in [-0.39, 0.29) is 24.0 Å². The topological polar surface area (TPSA) is 50.4 Å². The maximum Gasteiger partial charge on any atom is 0.188 e. The Morgan fingerprint density at radius 3 is 2.88 bits per heavy atom. The number of hydrogen-bond donors (Lipinski definition) is 2. The lowest BCUT2D eigenvalue weighted by molar-refractivity contribution is 0.846. The maximum atomic E-state index is 5.67. The van der Waals surface area contributed by atoms with Gasteiger partial charge in [0.25, 0.3) is 0 Å². The van der Waals surface area contributed by atoms with Gasteiger partial charge in [-0.05, 0) is 47.6 Å². The Morgan fingerprint density at radius 2 is 2.31 bits per heavy atom. The fourth-order valence-electron chi connectivity index (χ4n) is 1.09. The number of thiophene rings is 1. The zero-order chi connectivity index (χ0) is 11.1. The first kappa shape index (κ1) is 16.4. The van der Waals surface area contributed by atoms with Crippen molar-refractivity contribution in [3.05, 3.63) is 19.9 Å². The number of hydrogen-bond acceptors (Lipinski definition) is 2. The van der Waals surface area contributed by atoms with Gasteiger partial charge < -0.3 is 11.1 Å². The zero-order valence-corrected chi connectivity index (χ0v) is 14.5. The molecule has 16 heavy (non-hydrogen) atoms. The minimum absolute atomic E-state index is 0. The van der Waals surface area contributed by atoms with Crippen molar-refractivity contribution in [3.8, 4) is 0 Å². The summed E-state index contributed by atoms with van der Waals surface area (Å²) in [5, 5.41) is 3.11. The van der Waals surface area contributed by atoms with Crippen molar-refractivity contribution >= 4 is 63.9 Å². The summed E-state index contributed by atoms with van der Waals surface area (Å²) < 4.78 is 1.33. The molecule has 3 N–H and O–H groups in total. The fraction of sp³-hybridized carbons (Fsp3) is 0.500. The van der Waals surface area contributed by atoms with Crippen LogP contribution in [0.5, 0.6) is 0 Å². The van der Waals surface area contributed by atoms with Crippen LogP contribution >= 0.6 is 57.9 Å². The van der Waals surface area contributed by atoms with E-state index in [1.807, 2.05) is 11.3 Å². The number of halogens is 2. The third-order valence-corrected chi connectivity index (χ3v) is 3.77. The van der Waals surface area contributed by atoms with Gasteiger partial charge in [0.2, 0.25) is 0 Å². The van der Waals surface area contributed by atoms with Gasteiger partial charge in [0.05, 0.1) is 2.88 Å². The highest BCUT2D eigenvalue weighted by Gasteiger charge is 1.97. The Kier molecular flexibility index (Phi) is 9.71. The molecule has 0 bridgehead atoms. The molecule has 0 aliphatic rings. The summed E-state index contributed by atoms with van der Waals surface area (Å²) in [5.41, 5.74) is 5.67. The largest absolute Gasteiger partial charge is 0.370 e. The molecule has 0 spiro atoms. The maximum absolute atomic E-state index is 5.67. The van der Waals surface area contributed by atoms with Crippen molar-refractivity contribution in [2.45, 2.75) is 19.8 Å². The number of nitrogens with zero attached hydrogens (tertiary/aromatic N) is 1. The van der Waals surface area contributed by atoms with Gasteiger partial charge in [-0.3, -0.25) is 4.99 Å². The molecule has 0 aromatic carbocycles. The average molecular weight is 465 g/mol. The first-order valence-corrected chi connectivity index (χ1v) is 6.90. The molecule has 1 heterocycles. The molecule has 1 rings (SSSR count). The van der Waals surface area contributed by atoms with Crippen molar-refractivity contribution in [2.24, 2.45) is 10.7 Å². The summed E-state index contributed by atoms with van der Waals surface area (Å²) in [4.78, 5) is 5.55. The van der Waals surface area contributed by atoms with Crippen molar-refractivity contribution in [1.82, 2.24) is 5.32 Å². The number of guanidine groups is 1. The molecule has 1 aromatic rings. The molecule has 0 fully saturated rings. The SMILES string of the molecule is CCCN=C(N)NCCc1ccc(I)s1.I. The van der Waals surface area contributed by atoms with Crippen LogP contribution in [0.2, 0.25) is 0 Å². The van der Waals surface area contributed by atoms with Crippen LogP contribution < -0.4 is 11.1 Å². The van der Waals surface area contributed by atoms with Crippen LogP contribution in [0.4, 0.5) is 0 Å². The summed E-state index contributed by atoms with van der Waals surface area (Å²) in [7, 11) is 0. The molecule has 0 atom stereocenters. The van der Waals surface area contributed by atoms with Gasteiger partial charge >= 0.3 is 0 Å². The lowest BCUT2D eigenvalue weighted by Gasteiger charge is -2.03. The van der Waals surface area contributed by atoms with Crippen molar-refractivity contribution < 1.29 is 0 Å². The van der Waals surface area contributed by atoms with E-state index in [9.17, 15) is 0 Å². The Bertz CT molecular complexity index is 326. The van der Waals surface area contributed by atoms with Crippen LogP contribution in [0, 0.1) is 2.88 Å². The Hall–Kier alpha value is 0.430. The van der Waals surface area contributed by atoms with Crippen LogP contribution in [0.15, 0.2) is 17.1 Å². The molecule has 0 saturated heterocycles. The van der Waals surface area contributed by atoms with E-state index < -0.39 is 0 Å². The van der Waals surface area contributed by atoms with E-state index in [0.29, 0.717) is 5.96 Å². The van der Waals surface area contributed by atoms with E-state index in [1.54, 1.807) is 0 Å². The minimum Gasteiger partial charge on any atom is -0.370 e. The second-order valence-electron chi connectivity index (χ2n) is 3.15. The van der Waals surface area contributed by atoms with Crippen LogP contribution in [0.3, 0.4) is 0 Å². The lowest BCUT2D eigenvalue weighted by Crippen LogP contribution is -2.33. The highest BCUT2D eigenvalue weighted by Crippen LogP contribution is 2.18. The van der Waals surface area contributed by atoms with Gasteiger partial charge in [-0.25, -0.2) is 0 Å². The Morgan fingerprint density at radius 1 is 1.56 bits per heavy atom. The molecule has 0 unspecified atom stereocenters. The lowest BCUT2D eigenvalue weighted by atomic mass is 10.3. The average Bonchev–Trinajstić information content (AvgIpc) is 2.61. The molecular formula is C10H17I2N3S. The van der Waals surface area contributed by atoms with Gasteiger partial charge in [0.15, 0.2) is 5.96 Å². The second-order valence-corrected chi connectivity index (χ2v) is 6.21. The third kappa shape index (κ3) is 6.89. The summed E-state index contributed by atoms with van der Waals surface area (Å²) in [6.07, 6.45) is 2.04. The quantitative estimate of drug-likeness (QED) is 0.400. The first-order valence-electron chi connectivity index (χ1n) is 5.00. The summed E-state index contributed by atoms with van der Waals surface area (Å²) in [6.45, 7) is 3.75. The van der Waals surface area contributed by atoms with E-state index in [4.69, 9.17) is 5.73 Å². The van der Waals surface area contributed by atoms with Gasteiger partial charge in [0.1, 0.15) is 0 Å². The second kappa shape index (κ2) is 9.46. The molecule has 0 amide bonds. The Labute approximate surface area is 131 Å². The standard InChI is InChI=1S/C10H16IN3S.HI/c1-2-6-13-10(12)14-7-5-8-3-4-9(11)15-8;/h3-4H,2,5-7H2,1H3,(H3,12,13,14);1H. The van der Waals surface area contributed by atoms with E-state index in [1.165, 1.54) is 7.76 Å². The molecule has 3 nitrogen and oxygen atoms in total. The monoisotopic (exact) mass is 465 g/mol. The molecule has 0 saturated carbocycles. The molecule has 92 valence electrons. The number of rotatable bonds is 5. The molecule has 1 aromatic heterocycles. The van der Waals surface area contributed by atoms with Gasteiger partial charge in [-0.1, -0.05) is 6.92 Å². The predicted octanol–water partition coefficient (Wildman–Crippen LogP) is 2.83. The smallest absolute Gasteiger partial charge is 0.188 e. The normalized spacial score (nSPS) is 11.0. The molecular weight excluding hydrogens is 448 g/mol. The number of nitrogens with one attached hydrogen (secondary N) is 1. The number of aliphatic imine (C=N–C) groups is 1. The molecule has 0 aliphatic carbocycles. The van der Waals surface area contributed by atoms with Crippen LogP contribution in [0.1, 0.15) is 18.2 Å². The van der Waals surface area contributed by atoms with Crippen molar-refractivity contribution in [3.63, 3.8) is 0 Å². The van der Waals surface area contributed by atoms with Gasteiger partial charge in [-0.15, -0.1) is 35.3 Å². The van der Waals surface area contributed by atoms with Crippen LogP contribution in [-0.2, 0) is 6.42 Å². The van der Waals surface area contributed by atoms with Gasteiger partial charge in [0, 0.05) is 18.0 Å². The van der Waals surface area contributed by atoms with Crippen LogP contribution in [0.25, 0.3) is 0 Å². The highest BCUT2D eigenvalue weighted by molar-refractivity contribution is 14.1. The first-order chi connectivity index (χ1) is 7.22. The molecule has 0 radical (unpaired) electrons. The van der Waals surface area contributed by atoms with Crippen molar-refractivity contribution in [2.75, 3.05) is 13.1 Å². The van der Waals surface area contributed by atoms with Crippen LogP contribution in [-0.4, -0.2) is 19.0 Å². The third-order valence-electron chi connectivity index (χ3n) is 1.81. The highest BCUT2D eigenvalue weighted by atomic mass is 127. The zero-order valence-electron chi connectivity index (χ0n) is 9.20. The minimum atomic E-state index is 0. The molecule has 0 aliphatic heterocycles. The van der Waals surface area contributed by atoms with E-state index in [2.05, 4.69) is 52.0 Å². The summed E-state index contributed by atoms with van der Waals surface area (Å²) >= 11 is 4.16. The molecule has 6 heteroatoms. The predicted molar refractivity (Wildman–Crippen MR) is 90.9 cm³/mol. The number of nitrogens with two attached hydrogens (primary N) is 1. The van der Waals surface area contributed by atoms with E-state index >= 15 is 0 Å². The van der Waals surface area contributed by atoms with Crippen molar-refractivity contribution in [1.29, 1.82) is 0 Å². The Balaban J connectivity index is 0.00000225. The fourth-order valence-corrected chi connectivity index (χ4v) is 2.84. The van der Waals surface area contributed by atoms with E-state index in [0.717, 1.165) is 25.9 Å². The summed E-state index contributed by atoms with van der Waals surface area (Å²) in [5.74, 6) is 0.558. The summed E-state index contributed by atoms with van der Waals surface area (Å²) in [6, 6.07) is 4.29. The van der Waals surface area contributed by atoms with Gasteiger partial charge in [-0.2, -0.15) is 0 Å².